The number of hydrogen-bond donors (Lipinski definition) is 6. The molecule has 4 amide bonds. The molecular weight excluding hydrogens is 416 g/mol. The zero-order chi connectivity index (χ0) is 24.4. The van der Waals surface area contributed by atoms with Gasteiger partial charge in [-0.3, -0.25) is 24.2 Å². The highest BCUT2D eigenvalue weighted by Crippen LogP contribution is 2.20. The van der Waals surface area contributed by atoms with Gasteiger partial charge >= 0.3 is 0 Å². The molecule has 12 nitrogen and oxygen atoms in total. The lowest BCUT2D eigenvalue weighted by molar-refractivity contribution is -0.142. The number of nitrogens with one attached hydrogen (secondary N) is 2. The second kappa shape index (κ2) is 12.8. The molecule has 0 aromatic rings. The molecule has 1 heterocycles. The van der Waals surface area contributed by atoms with Gasteiger partial charge in [-0.2, -0.15) is 0 Å². The minimum Gasteiger partial charge on any atom is -0.370 e. The molecule has 1 aliphatic rings. The minimum atomic E-state index is -0.878. The fourth-order valence-electron chi connectivity index (χ4n) is 3.54. The molecule has 1 fully saturated rings. The van der Waals surface area contributed by atoms with Crippen LogP contribution in [0.25, 0.3) is 0 Å². The Balaban J connectivity index is 2.93. The largest absolute Gasteiger partial charge is 0.370 e. The second-order valence-corrected chi connectivity index (χ2v) is 8.57. The maximum atomic E-state index is 13.3. The number of hydrogen-bond acceptors (Lipinski definition) is 6. The van der Waals surface area contributed by atoms with Gasteiger partial charge in [0.1, 0.15) is 18.1 Å². The summed E-state index contributed by atoms with van der Waals surface area (Å²) < 4.78 is 0. The summed E-state index contributed by atoms with van der Waals surface area (Å²) in [5.74, 6) is -1.78. The number of likely N-dealkylation sites (tertiary alicyclic amines) is 1. The molecule has 1 saturated heterocycles. The van der Waals surface area contributed by atoms with Crippen LogP contribution in [0.1, 0.15) is 52.9 Å². The van der Waals surface area contributed by atoms with Gasteiger partial charge in [0, 0.05) is 13.1 Å². The molecule has 12 heteroatoms. The summed E-state index contributed by atoms with van der Waals surface area (Å²) in [7, 11) is 0. The number of nitrogens with zero attached hydrogens (tertiary/aromatic N) is 2. The first kappa shape index (κ1) is 27.1. The Bertz CT molecular complexity index is 708. The Kier molecular flexibility index (Phi) is 10.9. The zero-order valence-corrected chi connectivity index (χ0v) is 19.2. The van der Waals surface area contributed by atoms with Crippen LogP contribution in [0.15, 0.2) is 4.99 Å². The summed E-state index contributed by atoms with van der Waals surface area (Å²) in [5.41, 5.74) is 21.9. The summed E-state index contributed by atoms with van der Waals surface area (Å²) in [4.78, 5) is 55.1. The first-order chi connectivity index (χ1) is 14.9. The maximum absolute atomic E-state index is 13.3. The molecule has 4 atom stereocenters. The van der Waals surface area contributed by atoms with E-state index in [1.807, 2.05) is 13.8 Å². The van der Waals surface area contributed by atoms with Gasteiger partial charge in [0.05, 0.1) is 6.04 Å². The van der Waals surface area contributed by atoms with Crippen molar-refractivity contribution in [2.24, 2.45) is 33.8 Å². The van der Waals surface area contributed by atoms with E-state index in [0.717, 1.165) is 0 Å². The van der Waals surface area contributed by atoms with Crippen LogP contribution < -0.4 is 33.6 Å². The number of carbonyl (C=O) groups is 4. The quantitative estimate of drug-likeness (QED) is 0.109. The fourth-order valence-corrected chi connectivity index (χ4v) is 3.54. The number of aliphatic imine (C=N–C) groups is 1. The Hall–Kier alpha value is -2.89. The number of rotatable bonds is 12. The molecule has 32 heavy (non-hydrogen) atoms. The van der Waals surface area contributed by atoms with Gasteiger partial charge < -0.3 is 38.5 Å². The van der Waals surface area contributed by atoms with E-state index in [0.29, 0.717) is 38.8 Å². The number of guanidine groups is 1. The van der Waals surface area contributed by atoms with Gasteiger partial charge in [-0.25, -0.2) is 0 Å². The van der Waals surface area contributed by atoms with Crippen molar-refractivity contribution in [2.75, 3.05) is 13.1 Å². The van der Waals surface area contributed by atoms with Crippen molar-refractivity contribution >= 4 is 29.6 Å². The van der Waals surface area contributed by atoms with Crippen molar-refractivity contribution in [3.8, 4) is 0 Å². The van der Waals surface area contributed by atoms with E-state index >= 15 is 0 Å². The molecule has 1 rings (SSSR count). The summed E-state index contributed by atoms with van der Waals surface area (Å²) in [6.45, 7) is 6.03. The highest BCUT2D eigenvalue weighted by molar-refractivity contribution is 5.94. The van der Waals surface area contributed by atoms with Crippen LogP contribution in [0.5, 0.6) is 0 Å². The normalized spacial score (nSPS) is 18.5. The summed E-state index contributed by atoms with van der Waals surface area (Å²) in [6, 6.07) is -3.23. The third-order valence-corrected chi connectivity index (χ3v) is 5.25. The molecule has 182 valence electrons. The number of primary amides is 1. The second-order valence-electron chi connectivity index (χ2n) is 8.57. The lowest BCUT2D eigenvalue weighted by atomic mass is 10.0. The van der Waals surface area contributed by atoms with E-state index in [-0.39, 0.29) is 24.2 Å². The summed E-state index contributed by atoms with van der Waals surface area (Å²) >= 11 is 0. The Morgan fingerprint density at radius 2 is 1.75 bits per heavy atom. The third kappa shape index (κ3) is 8.69. The van der Waals surface area contributed by atoms with Crippen LogP contribution in [-0.2, 0) is 19.2 Å². The molecule has 10 N–H and O–H groups in total. The van der Waals surface area contributed by atoms with Crippen molar-refractivity contribution in [1.82, 2.24) is 15.5 Å². The van der Waals surface area contributed by atoms with Gasteiger partial charge in [-0.05, 0) is 44.9 Å². The standard InChI is InChI=1S/C20H38N8O4/c1-11(2)10-13(21)17(30)27-14(6-4-8-25-20(23)24)19(32)28-9-5-7-15(28)18(31)26-12(3)16(22)29/h11-15H,4-10,21H2,1-3H3,(H2,22,29)(H,26,31)(H,27,30)(H4,23,24,25)/t12-,13+,14+,15+/m1/s1. The van der Waals surface area contributed by atoms with E-state index in [1.165, 1.54) is 11.8 Å². The molecule has 0 aromatic carbocycles. The van der Waals surface area contributed by atoms with E-state index in [9.17, 15) is 19.2 Å². The van der Waals surface area contributed by atoms with Crippen molar-refractivity contribution in [3.05, 3.63) is 0 Å². The van der Waals surface area contributed by atoms with Crippen LogP contribution in [-0.4, -0.2) is 71.7 Å². The number of amides is 4. The van der Waals surface area contributed by atoms with Crippen molar-refractivity contribution < 1.29 is 19.2 Å². The smallest absolute Gasteiger partial charge is 0.245 e. The molecule has 0 bridgehead atoms. The van der Waals surface area contributed by atoms with Crippen molar-refractivity contribution in [3.63, 3.8) is 0 Å². The molecule has 0 radical (unpaired) electrons. The van der Waals surface area contributed by atoms with Gasteiger partial charge in [0.25, 0.3) is 0 Å². The van der Waals surface area contributed by atoms with Gasteiger partial charge in [-0.1, -0.05) is 13.8 Å². The van der Waals surface area contributed by atoms with E-state index in [4.69, 9.17) is 22.9 Å². The van der Waals surface area contributed by atoms with Crippen LogP contribution in [0, 0.1) is 5.92 Å². The highest BCUT2D eigenvalue weighted by Gasteiger charge is 2.38. The average molecular weight is 455 g/mol. The molecular formula is C20H38N8O4. The third-order valence-electron chi connectivity index (χ3n) is 5.25. The first-order valence-electron chi connectivity index (χ1n) is 11.0. The SMILES string of the molecule is CC(C)C[C@H](N)C(=O)N[C@@H](CCCN=C(N)N)C(=O)N1CCC[C@H]1C(=O)N[C@H](C)C(N)=O. The van der Waals surface area contributed by atoms with E-state index < -0.39 is 41.9 Å². The molecule has 0 spiro atoms. The summed E-state index contributed by atoms with van der Waals surface area (Å²) in [6.07, 6.45) is 2.26. The van der Waals surface area contributed by atoms with Crippen LogP contribution in [0.2, 0.25) is 0 Å². The Morgan fingerprint density at radius 3 is 2.31 bits per heavy atom. The molecule has 0 aromatic heterocycles. The topological polar surface area (TPSA) is 212 Å². The minimum absolute atomic E-state index is 0.0595. The number of nitrogens with two attached hydrogens (primary N) is 4. The predicted molar refractivity (Wildman–Crippen MR) is 121 cm³/mol. The first-order valence-corrected chi connectivity index (χ1v) is 11.0. The van der Waals surface area contributed by atoms with Gasteiger partial charge in [0.15, 0.2) is 5.96 Å². The summed E-state index contributed by atoms with van der Waals surface area (Å²) in [5, 5.41) is 5.26. The van der Waals surface area contributed by atoms with Crippen LogP contribution in [0.4, 0.5) is 0 Å². The molecule has 0 saturated carbocycles. The highest BCUT2D eigenvalue weighted by atomic mass is 16.2. The van der Waals surface area contributed by atoms with Crippen molar-refractivity contribution in [2.45, 2.75) is 77.0 Å². The Morgan fingerprint density at radius 1 is 1.09 bits per heavy atom. The van der Waals surface area contributed by atoms with E-state index in [2.05, 4.69) is 15.6 Å². The average Bonchev–Trinajstić information content (AvgIpc) is 3.18. The predicted octanol–water partition coefficient (Wildman–Crippen LogP) is -2.12. The van der Waals surface area contributed by atoms with Crippen LogP contribution in [0.3, 0.4) is 0 Å². The van der Waals surface area contributed by atoms with Gasteiger partial charge in [-0.15, -0.1) is 0 Å². The maximum Gasteiger partial charge on any atom is 0.245 e. The van der Waals surface area contributed by atoms with Crippen molar-refractivity contribution in [1.29, 1.82) is 0 Å². The lowest BCUT2D eigenvalue weighted by Crippen LogP contribution is -2.57. The van der Waals surface area contributed by atoms with Gasteiger partial charge in [0.2, 0.25) is 23.6 Å². The monoisotopic (exact) mass is 454 g/mol. The lowest BCUT2D eigenvalue weighted by Gasteiger charge is -2.30. The number of carbonyl (C=O) groups excluding carboxylic acids is 4. The van der Waals surface area contributed by atoms with Crippen LogP contribution >= 0.6 is 0 Å². The molecule has 1 aliphatic heterocycles. The molecule has 0 aliphatic carbocycles. The van der Waals surface area contributed by atoms with E-state index in [1.54, 1.807) is 0 Å². The zero-order valence-electron chi connectivity index (χ0n) is 19.2. The Labute approximate surface area is 188 Å². The molecule has 0 unspecified atom stereocenters. The fraction of sp³-hybridized carbons (Fsp3) is 0.750.